The van der Waals surface area contributed by atoms with Crippen LogP contribution in [0.1, 0.15) is 24.8 Å². The van der Waals surface area contributed by atoms with Gasteiger partial charge in [-0.1, -0.05) is 12.1 Å². The maximum atomic E-state index is 11.6. The number of benzene rings is 1. The summed E-state index contributed by atoms with van der Waals surface area (Å²) in [5.41, 5.74) is 7.49. The standard InChI is InChI=1S/C14H20N2O2/c15-12-6-3-11(4-7-12)5-8-14(17)16-10-13-2-1-9-18-13/h3-4,6-7,13H,1-2,5,8-10,15H2,(H,16,17)/t13-/m0/s1. The lowest BCUT2D eigenvalue weighted by Gasteiger charge is -2.10. The van der Waals surface area contributed by atoms with Crippen LogP contribution in [-0.4, -0.2) is 25.2 Å². The predicted octanol–water partition coefficient (Wildman–Crippen LogP) is 1.50. The first-order chi connectivity index (χ1) is 8.74. The normalized spacial score (nSPS) is 18.8. The largest absolute Gasteiger partial charge is 0.399 e. The van der Waals surface area contributed by atoms with Gasteiger partial charge in [0.15, 0.2) is 0 Å². The van der Waals surface area contributed by atoms with Gasteiger partial charge in [0.1, 0.15) is 0 Å². The van der Waals surface area contributed by atoms with Crippen LogP contribution in [0.4, 0.5) is 5.69 Å². The Balaban J connectivity index is 1.66. The van der Waals surface area contributed by atoms with Crippen molar-refractivity contribution in [2.75, 3.05) is 18.9 Å². The topological polar surface area (TPSA) is 64.4 Å². The molecule has 1 aliphatic rings. The fraction of sp³-hybridized carbons (Fsp3) is 0.500. The van der Waals surface area contributed by atoms with E-state index in [2.05, 4.69) is 5.32 Å². The lowest BCUT2D eigenvalue weighted by Crippen LogP contribution is -2.31. The molecule has 4 heteroatoms. The molecule has 4 nitrogen and oxygen atoms in total. The molecule has 0 spiro atoms. The molecule has 0 unspecified atom stereocenters. The highest BCUT2D eigenvalue weighted by Crippen LogP contribution is 2.11. The second-order valence-electron chi connectivity index (χ2n) is 4.68. The van der Waals surface area contributed by atoms with Crippen molar-refractivity contribution in [3.05, 3.63) is 29.8 Å². The van der Waals surface area contributed by atoms with Gasteiger partial charge < -0.3 is 15.8 Å². The Labute approximate surface area is 108 Å². The highest BCUT2D eigenvalue weighted by molar-refractivity contribution is 5.76. The molecule has 0 bridgehead atoms. The lowest BCUT2D eigenvalue weighted by atomic mass is 10.1. The second-order valence-corrected chi connectivity index (χ2v) is 4.68. The first kappa shape index (κ1) is 12.9. The van der Waals surface area contributed by atoms with E-state index < -0.39 is 0 Å². The third kappa shape index (κ3) is 4.04. The summed E-state index contributed by atoms with van der Waals surface area (Å²) in [6.07, 6.45) is 3.63. The summed E-state index contributed by atoms with van der Waals surface area (Å²) in [5.74, 6) is 0.0855. The van der Waals surface area contributed by atoms with Crippen LogP contribution in [0.25, 0.3) is 0 Å². The van der Waals surface area contributed by atoms with Gasteiger partial charge in [0.25, 0.3) is 0 Å². The Morgan fingerprint density at radius 2 is 2.17 bits per heavy atom. The van der Waals surface area contributed by atoms with Crippen molar-refractivity contribution in [1.29, 1.82) is 0 Å². The molecule has 1 atom stereocenters. The predicted molar refractivity (Wildman–Crippen MR) is 71.2 cm³/mol. The lowest BCUT2D eigenvalue weighted by molar-refractivity contribution is -0.121. The summed E-state index contributed by atoms with van der Waals surface area (Å²) in [6.45, 7) is 1.46. The van der Waals surface area contributed by atoms with E-state index in [0.717, 1.165) is 37.1 Å². The minimum atomic E-state index is 0.0855. The number of hydrogen-bond donors (Lipinski definition) is 2. The van der Waals surface area contributed by atoms with Crippen LogP contribution in [0.3, 0.4) is 0 Å². The Kier molecular flexibility index (Phi) is 4.59. The molecule has 18 heavy (non-hydrogen) atoms. The van der Waals surface area contributed by atoms with Crippen LogP contribution in [0.15, 0.2) is 24.3 Å². The Hall–Kier alpha value is -1.55. The van der Waals surface area contributed by atoms with Crippen LogP contribution in [-0.2, 0) is 16.0 Å². The van der Waals surface area contributed by atoms with Gasteiger partial charge in [0.05, 0.1) is 6.10 Å². The minimum Gasteiger partial charge on any atom is -0.399 e. The van der Waals surface area contributed by atoms with Crippen molar-refractivity contribution in [1.82, 2.24) is 5.32 Å². The summed E-state index contributed by atoms with van der Waals surface area (Å²) in [5, 5.41) is 2.92. The number of anilines is 1. The molecule has 0 aromatic heterocycles. The summed E-state index contributed by atoms with van der Waals surface area (Å²) in [7, 11) is 0. The number of nitrogens with two attached hydrogens (primary N) is 1. The first-order valence-electron chi connectivity index (χ1n) is 6.47. The van der Waals surface area contributed by atoms with Gasteiger partial charge in [-0.15, -0.1) is 0 Å². The summed E-state index contributed by atoms with van der Waals surface area (Å²) < 4.78 is 5.45. The quantitative estimate of drug-likeness (QED) is 0.776. The first-order valence-corrected chi connectivity index (χ1v) is 6.47. The molecule has 1 heterocycles. The number of carbonyl (C=O) groups excluding carboxylic acids is 1. The van der Waals surface area contributed by atoms with Gasteiger partial charge in [-0.25, -0.2) is 0 Å². The van der Waals surface area contributed by atoms with Gasteiger partial charge in [-0.05, 0) is 37.0 Å². The van der Waals surface area contributed by atoms with E-state index in [0.29, 0.717) is 13.0 Å². The third-order valence-electron chi connectivity index (χ3n) is 3.17. The molecule has 1 aromatic carbocycles. The summed E-state index contributed by atoms with van der Waals surface area (Å²) in [4.78, 5) is 11.6. The van der Waals surface area contributed by atoms with E-state index in [1.807, 2.05) is 24.3 Å². The molecular weight excluding hydrogens is 228 g/mol. The molecule has 3 N–H and O–H groups in total. The Morgan fingerprint density at radius 1 is 1.39 bits per heavy atom. The van der Waals surface area contributed by atoms with Crippen LogP contribution >= 0.6 is 0 Å². The van der Waals surface area contributed by atoms with Gasteiger partial charge in [0.2, 0.25) is 5.91 Å². The monoisotopic (exact) mass is 248 g/mol. The fourth-order valence-corrected chi connectivity index (χ4v) is 2.06. The van der Waals surface area contributed by atoms with Gasteiger partial charge in [-0.2, -0.15) is 0 Å². The van der Waals surface area contributed by atoms with Gasteiger partial charge >= 0.3 is 0 Å². The molecular formula is C14H20N2O2. The maximum absolute atomic E-state index is 11.6. The zero-order valence-corrected chi connectivity index (χ0v) is 10.5. The van der Waals surface area contributed by atoms with E-state index in [-0.39, 0.29) is 12.0 Å². The van der Waals surface area contributed by atoms with E-state index >= 15 is 0 Å². The zero-order chi connectivity index (χ0) is 12.8. The molecule has 0 saturated carbocycles. The molecule has 1 fully saturated rings. The highest BCUT2D eigenvalue weighted by Gasteiger charge is 2.15. The SMILES string of the molecule is Nc1ccc(CCC(=O)NC[C@@H]2CCCO2)cc1. The number of nitrogens with one attached hydrogen (secondary N) is 1. The average Bonchev–Trinajstić information content (AvgIpc) is 2.89. The van der Waals surface area contributed by atoms with Crippen molar-refractivity contribution in [2.45, 2.75) is 31.8 Å². The number of amides is 1. The molecule has 2 rings (SSSR count). The zero-order valence-electron chi connectivity index (χ0n) is 10.5. The van der Waals surface area contributed by atoms with Gasteiger partial charge in [-0.3, -0.25) is 4.79 Å². The molecule has 1 aromatic rings. The van der Waals surface area contributed by atoms with E-state index in [1.165, 1.54) is 0 Å². The molecule has 1 aliphatic heterocycles. The summed E-state index contributed by atoms with van der Waals surface area (Å²) in [6, 6.07) is 7.64. The van der Waals surface area contributed by atoms with Gasteiger partial charge in [0, 0.05) is 25.3 Å². The minimum absolute atomic E-state index is 0.0855. The highest BCUT2D eigenvalue weighted by atomic mass is 16.5. The Bertz CT molecular complexity index is 383. The number of aryl methyl sites for hydroxylation is 1. The third-order valence-corrected chi connectivity index (χ3v) is 3.17. The average molecular weight is 248 g/mol. The number of carbonyl (C=O) groups is 1. The number of rotatable bonds is 5. The van der Waals surface area contributed by atoms with Crippen LogP contribution < -0.4 is 11.1 Å². The second kappa shape index (κ2) is 6.40. The summed E-state index contributed by atoms with van der Waals surface area (Å²) >= 11 is 0. The number of hydrogen-bond acceptors (Lipinski definition) is 3. The van der Waals surface area contributed by atoms with E-state index in [4.69, 9.17) is 10.5 Å². The van der Waals surface area contributed by atoms with Crippen molar-refractivity contribution in [2.24, 2.45) is 0 Å². The van der Waals surface area contributed by atoms with E-state index in [1.54, 1.807) is 0 Å². The van der Waals surface area contributed by atoms with Crippen LogP contribution in [0.2, 0.25) is 0 Å². The van der Waals surface area contributed by atoms with Crippen molar-refractivity contribution >= 4 is 11.6 Å². The van der Waals surface area contributed by atoms with E-state index in [9.17, 15) is 4.79 Å². The van der Waals surface area contributed by atoms with Crippen molar-refractivity contribution in [3.8, 4) is 0 Å². The molecule has 0 aliphatic carbocycles. The number of nitrogen functional groups attached to an aromatic ring is 1. The van der Waals surface area contributed by atoms with Crippen molar-refractivity contribution in [3.63, 3.8) is 0 Å². The molecule has 0 radical (unpaired) electrons. The molecule has 1 amide bonds. The fourth-order valence-electron chi connectivity index (χ4n) is 2.06. The Morgan fingerprint density at radius 3 is 2.83 bits per heavy atom. The van der Waals surface area contributed by atoms with Crippen molar-refractivity contribution < 1.29 is 9.53 Å². The molecule has 1 saturated heterocycles. The van der Waals surface area contributed by atoms with Crippen LogP contribution in [0.5, 0.6) is 0 Å². The van der Waals surface area contributed by atoms with Crippen LogP contribution in [0, 0.1) is 0 Å². The maximum Gasteiger partial charge on any atom is 0.220 e. The smallest absolute Gasteiger partial charge is 0.220 e. The number of ether oxygens (including phenoxy) is 1. The molecule has 98 valence electrons.